The molecule has 2 aromatic carbocycles. The highest BCUT2D eigenvalue weighted by Crippen LogP contribution is 2.19. The summed E-state index contributed by atoms with van der Waals surface area (Å²) in [6.45, 7) is 0.971. The Hall–Kier alpha value is -2.94. The smallest absolute Gasteiger partial charge is 0.102 e. The van der Waals surface area contributed by atoms with Crippen molar-refractivity contribution >= 4 is 17.6 Å². The summed E-state index contributed by atoms with van der Waals surface area (Å²) in [4.78, 5) is 4.41. The number of nitrogens with zero attached hydrogens (tertiary/aromatic N) is 2. The minimum absolute atomic E-state index is 0.416. The van der Waals surface area contributed by atoms with Gasteiger partial charge in [0.05, 0.1) is 24.5 Å². The summed E-state index contributed by atoms with van der Waals surface area (Å²) in [6, 6.07) is 17.6. The predicted octanol–water partition coefficient (Wildman–Crippen LogP) is 4.20. The molecule has 0 aliphatic heterocycles. The van der Waals surface area contributed by atoms with E-state index < -0.39 is 0 Å². The quantitative estimate of drug-likeness (QED) is 0.580. The van der Waals surface area contributed by atoms with Gasteiger partial charge in [-0.15, -0.1) is 0 Å². The molecule has 5 nitrogen and oxygen atoms in total. The molecule has 128 valence electrons. The van der Waals surface area contributed by atoms with Crippen LogP contribution in [0, 0.1) is 11.3 Å². The van der Waals surface area contributed by atoms with Crippen LogP contribution in [0.1, 0.15) is 11.1 Å². The summed E-state index contributed by atoms with van der Waals surface area (Å²) in [7, 11) is 3.29. The van der Waals surface area contributed by atoms with E-state index in [4.69, 9.17) is 9.47 Å². The van der Waals surface area contributed by atoms with Crippen molar-refractivity contribution in [3.63, 3.8) is 0 Å². The maximum Gasteiger partial charge on any atom is 0.102 e. The summed E-state index contributed by atoms with van der Waals surface area (Å²) >= 11 is 0. The van der Waals surface area contributed by atoms with Crippen LogP contribution in [0.4, 0.5) is 11.4 Å². The molecule has 0 bridgehead atoms. The number of para-hydroxylation sites is 2. The minimum atomic E-state index is 0.416. The van der Waals surface area contributed by atoms with Crippen molar-refractivity contribution in [1.29, 1.82) is 5.26 Å². The molecule has 0 saturated heterocycles. The van der Waals surface area contributed by atoms with Crippen LogP contribution in [0.15, 0.2) is 65.3 Å². The van der Waals surface area contributed by atoms with Crippen molar-refractivity contribution in [3.8, 4) is 6.07 Å². The Kier molecular flexibility index (Phi) is 7.39. The Morgan fingerprint density at radius 2 is 1.68 bits per heavy atom. The first kappa shape index (κ1) is 18.4. The summed E-state index contributed by atoms with van der Waals surface area (Å²) in [6.07, 6.45) is 3.18. The first-order valence-electron chi connectivity index (χ1n) is 7.83. The van der Waals surface area contributed by atoms with E-state index in [2.05, 4.69) is 16.4 Å². The molecular weight excluding hydrogens is 314 g/mol. The number of rotatable bonds is 8. The van der Waals surface area contributed by atoms with Gasteiger partial charge in [0.2, 0.25) is 0 Å². The SMILES string of the molecule is COCc1ccccc1N=C/C(C#N)=C/Nc1ccccc1COC. The molecule has 0 aliphatic rings. The van der Waals surface area contributed by atoms with E-state index in [1.54, 1.807) is 26.6 Å². The number of hydrogen-bond donors (Lipinski definition) is 1. The van der Waals surface area contributed by atoms with Crippen LogP contribution in [0.25, 0.3) is 0 Å². The summed E-state index contributed by atoms with van der Waals surface area (Å²) < 4.78 is 10.3. The molecule has 25 heavy (non-hydrogen) atoms. The van der Waals surface area contributed by atoms with Crippen molar-refractivity contribution < 1.29 is 9.47 Å². The molecule has 5 heteroatoms. The van der Waals surface area contributed by atoms with Gasteiger partial charge in [-0.05, 0) is 12.1 Å². The van der Waals surface area contributed by atoms with Crippen LogP contribution in [0.2, 0.25) is 0 Å². The molecule has 0 radical (unpaired) electrons. The van der Waals surface area contributed by atoms with Gasteiger partial charge in [-0.3, -0.25) is 4.99 Å². The molecule has 0 unspecified atom stereocenters. The number of allylic oxidation sites excluding steroid dienone is 1. The van der Waals surface area contributed by atoms with Crippen LogP contribution in [0.5, 0.6) is 0 Å². The third-order valence-corrected chi connectivity index (χ3v) is 3.46. The van der Waals surface area contributed by atoms with E-state index in [-0.39, 0.29) is 0 Å². The van der Waals surface area contributed by atoms with Gasteiger partial charge < -0.3 is 14.8 Å². The number of nitriles is 1. The van der Waals surface area contributed by atoms with Crippen molar-refractivity contribution in [2.75, 3.05) is 19.5 Å². The second-order valence-electron chi connectivity index (χ2n) is 5.27. The van der Waals surface area contributed by atoms with Crippen LogP contribution >= 0.6 is 0 Å². The van der Waals surface area contributed by atoms with Gasteiger partial charge >= 0.3 is 0 Å². The molecule has 0 fully saturated rings. The molecule has 0 saturated carbocycles. The highest BCUT2D eigenvalue weighted by Gasteiger charge is 2.01. The van der Waals surface area contributed by atoms with Gasteiger partial charge in [-0.1, -0.05) is 36.4 Å². The number of hydrogen-bond acceptors (Lipinski definition) is 5. The molecule has 0 aromatic heterocycles. The van der Waals surface area contributed by atoms with Crippen LogP contribution in [0.3, 0.4) is 0 Å². The highest BCUT2D eigenvalue weighted by atomic mass is 16.5. The van der Waals surface area contributed by atoms with E-state index in [9.17, 15) is 5.26 Å². The van der Waals surface area contributed by atoms with Gasteiger partial charge in [0.25, 0.3) is 0 Å². The van der Waals surface area contributed by atoms with Crippen LogP contribution in [-0.2, 0) is 22.7 Å². The lowest BCUT2D eigenvalue weighted by Crippen LogP contribution is -1.97. The predicted molar refractivity (Wildman–Crippen MR) is 99.8 cm³/mol. The molecule has 0 spiro atoms. The zero-order valence-electron chi connectivity index (χ0n) is 14.4. The molecule has 0 heterocycles. The number of ether oxygens (including phenoxy) is 2. The summed E-state index contributed by atoms with van der Waals surface area (Å²) in [5, 5.41) is 12.5. The number of nitrogens with one attached hydrogen (secondary N) is 1. The fourth-order valence-electron chi connectivity index (χ4n) is 2.25. The standard InChI is InChI=1S/C20H21N3O2/c1-24-14-17-7-3-5-9-19(17)22-12-16(11-21)13-23-20-10-6-4-8-18(20)15-25-2/h3-10,12-13,22H,14-15H2,1-2H3/b16-12+,23-13?. The topological polar surface area (TPSA) is 66.6 Å². The number of anilines is 1. The Morgan fingerprint density at radius 3 is 2.40 bits per heavy atom. The molecular formula is C20H21N3O2. The Bertz CT molecular complexity index is 792. The zero-order valence-corrected chi connectivity index (χ0v) is 14.4. The number of aliphatic imine (C=N–C) groups is 1. The molecule has 2 rings (SSSR count). The number of benzene rings is 2. The molecule has 0 aliphatic carbocycles. The third kappa shape index (κ3) is 5.57. The summed E-state index contributed by atoms with van der Waals surface area (Å²) in [5.41, 5.74) is 4.08. The van der Waals surface area contributed by atoms with E-state index in [1.165, 1.54) is 0 Å². The normalized spacial score (nSPS) is 11.5. The third-order valence-electron chi connectivity index (χ3n) is 3.46. The first-order valence-corrected chi connectivity index (χ1v) is 7.83. The molecule has 2 aromatic rings. The second kappa shape index (κ2) is 10.0. The van der Waals surface area contributed by atoms with E-state index in [1.807, 2.05) is 48.5 Å². The van der Waals surface area contributed by atoms with Crippen LogP contribution in [-0.4, -0.2) is 20.4 Å². The fraction of sp³-hybridized carbons (Fsp3) is 0.200. The van der Waals surface area contributed by atoms with Gasteiger partial charge in [0.15, 0.2) is 0 Å². The van der Waals surface area contributed by atoms with Crippen LogP contribution < -0.4 is 5.32 Å². The van der Waals surface area contributed by atoms with Gasteiger partial charge in [0, 0.05) is 43.4 Å². The zero-order chi connectivity index (χ0) is 17.9. The lowest BCUT2D eigenvalue weighted by atomic mass is 10.2. The Balaban J connectivity index is 2.15. The maximum absolute atomic E-state index is 9.33. The number of methoxy groups -OCH3 is 2. The fourth-order valence-corrected chi connectivity index (χ4v) is 2.25. The average molecular weight is 335 g/mol. The van der Waals surface area contributed by atoms with E-state index >= 15 is 0 Å². The van der Waals surface area contributed by atoms with Gasteiger partial charge in [0.1, 0.15) is 6.07 Å². The van der Waals surface area contributed by atoms with E-state index in [0.29, 0.717) is 18.8 Å². The van der Waals surface area contributed by atoms with Crippen molar-refractivity contribution in [2.45, 2.75) is 13.2 Å². The molecule has 0 amide bonds. The molecule has 0 atom stereocenters. The second-order valence-corrected chi connectivity index (χ2v) is 5.27. The monoisotopic (exact) mass is 335 g/mol. The lowest BCUT2D eigenvalue weighted by molar-refractivity contribution is 0.185. The largest absolute Gasteiger partial charge is 0.380 e. The minimum Gasteiger partial charge on any atom is -0.380 e. The summed E-state index contributed by atoms with van der Waals surface area (Å²) in [5.74, 6) is 0. The molecule has 1 N–H and O–H groups in total. The Morgan fingerprint density at radius 1 is 1.04 bits per heavy atom. The van der Waals surface area contributed by atoms with Gasteiger partial charge in [-0.2, -0.15) is 5.26 Å². The van der Waals surface area contributed by atoms with Crippen molar-refractivity contribution in [1.82, 2.24) is 0 Å². The maximum atomic E-state index is 9.33. The Labute approximate surface area is 148 Å². The lowest BCUT2D eigenvalue weighted by Gasteiger charge is -2.08. The highest BCUT2D eigenvalue weighted by molar-refractivity contribution is 5.86. The van der Waals surface area contributed by atoms with Gasteiger partial charge in [-0.25, -0.2) is 0 Å². The van der Waals surface area contributed by atoms with Crippen molar-refractivity contribution in [3.05, 3.63) is 71.4 Å². The average Bonchev–Trinajstić information content (AvgIpc) is 2.64. The van der Waals surface area contributed by atoms with E-state index in [0.717, 1.165) is 22.5 Å². The first-order chi connectivity index (χ1) is 12.3. The van der Waals surface area contributed by atoms with Crippen molar-refractivity contribution in [2.24, 2.45) is 4.99 Å².